The van der Waals surface area contributed by atoms with E-state index in [2.05, 4.69) is 5.32 Å². The molecule has 136 valence electrons. The molecule has 1 aromatic heterocycles. The van der Waals surface area contributed by atoms with Gasteiger partial charge in [0, 0.05) is 10.8 Å². The van der Waals surface area contributed by atoms with Crippen molar-refractivity contribution in [1.82, 2.24) is 0 Å². The molecule has 0 spiro atoms. The van der Waals surface area contributed by atoms with Crippen LogP contribution in [0.1, 0.15) is 66.2 Å². The van der Waals surface area contributed by atoms with Crippen LogP contribution >= 0.6 is 11.3 Å². The van der Waals surface area contributed by atoms with Crippen molar-refractivity contribution in [3.8, 4) is 0 Å². The van der Waals surface area contributed by atoms with Gasteiger partial charge >= 0.3 is 5.97 Å². The molecular formula is C18H24N2O4S. The lowest BCUT2D eigenvalue weighted by atomic mass is 9.89. The maximum atomic E-state index is 12.6. The first-order chi connectivity index (χ1) is 12.0. The minimum absolute atomic E-state index is 0.0131. The van der Waals surface area contributed by atoms with Crippen LogP contribution in [-0.4, -0.2) is 23.9 Å². The van der Waals surface area contributed by atoms with Crippen molar-refractivity contribution in [1.29, 1.82) is 0 Å². The molecule has 25 heavy (non-hydrogen) atoms. The first kappa shape index (κ1) is 17.9. The molecule has 2 amide bonds. The smallest absolute Gasteiger partial charge is 0.342 e. The topological polar surface area (TPSA) is 98.5 Å². The highest BCUT2D eigenvalue weighted by Gasteiger charge is 2.31. The highest BCUT2D eigenvalue weighted by Crippen LogP contribution is 2.40. The molecule has 7 heteroatoms. The van der Waals surface area contributed by atoms with Crippen molar-refractivity contribution in [3.05, 3.63) is 16.0 Å². The molecule has 0 radical (unpaired) electrons. The zero-order valence-corrected chi connectivity index (χ0v) is 15.2. The van der Waals surface area contributed by atoms with Gasteiger partial charge in [-0.3, -0.25) is 9.59 Å². The lowest BCUT2D eigenvalue weighted by Gasteiger charge is -2.20. The number of hydrogen-bond acceptors (Lipinski definition) is 5. The summed E-state index contributed by atoms with van der Waals surface area (Å²) in [4.78, 5) is 37.5. The average molecular weight is 364 g/mol. The van der Waals surface area contributed by atoms with Gasteiger partial charge in [-0.2, -0.15) is 0 Å². The summed E-state index contributed by atoms with van der Waals surface area (Å²) in [6.45, 7) is 1.45. The van der Waals surface area contributed by atoms with Crippen LogP contribution in [0.15, 0.2) is 0 Å². The second-order valence-corrected chi connectivity index (χ2v) is 7.94. The molecule has 1 saturated carbocycles. The molecule has 0 aromatic carbocycles. The monoisotopic (exact) mass is 364 g/mol. The number of esters is 1. The molecule has 2 aliphatic rings. The number of rotatable bonds is 5. The van der Waals surface area contributed by atoms with Crippen LogP contribution in [-0.2, 0) is 27.2 Å². The summed E-state index contributed by atoms with van der Waals surface area (Å²) in [6.07, 6.45) is 6.82. The maximum absolute atomic E-state index is 12.6. The van der Waals surface area contributed by atoms with E-state index in [1.807, 2.05) is 0 Å². The van der Waals surface area contributed by atoms with Crippen LogP contribution in [0.4, 0.5) is 5.00 Å². The SMILES string of the molecule is C[C@@H](OC(=O)c1c(NC(=O)C2CCCCC2)sc2c1CCC2)C(N)=O. The van der Waals surface area contributed by atoms with Crippen molar-refractivity contribution >= 4 is 34.1 Å². The molecule has 2 aliphatic carbocycles. The predicted octanol–water partition coefficient (Wildman–Crippen LogP) is 2.79. The number of fused-ring (bicyclic) bond motifs is 1. The van der Waals surface area contributed by atoms with Gasteiger partial charge in [0.1, 0.15) is 5.00 Å². The number of anilines is 1. The van der Waals surface area contributed by atoms with Crippen molar-refractivity contribution in [3.63, 3.8) is 0 Å². The zero-order valence-electron chi connectivity index (χ0n) is 14.4. The molecular weight excluding hydrogens is 340 g/mol. The Bertz CT molecular complexity index is 691. The van der Waals surface area contributed by atoms with Gasteiger partial charge in [-0.25, -0.2) is 4.79 Å². The van der Waals surface area contributed by atoms with E-state index in [-0.39, 0.29) is 11.8 Å². The number of carbonyl (C=O) groups excluding carboxylic acids is 3. The number of amides is 2. The lowest BCUT2D eigenvalue weighted by Crippen LogP contribution is -2.31. The summed E-state index contributed by atoms with van der Waals surface area (Å²) in [7, 11) is 0. The molecule has 3 rings (SSSR count). The zero-order chi connectivity index (χ0) is 18.0. The molecule has 6 nitrogen and oxygen atoms in total. The third kappa shape index (κ3) is 3.86. The van der Waals surface area contributed by atoms with Crippen molar-refractivity contribution in [2.45, 2.75) is 64.4 Å². The first-order valence-corrected chi connectivity index (χ1v) is 9.74. The molecule has 1 aromatic rings. The maximum Gasteiger partial charge on any atom is 0.342 e. The Morgan fingerprint density at radius 3 is 2.56 bits per heavy atom. The largest absolute Gasteiger partial charge is 0.449 e. The van der Waals surface area contributed by atoms with E-state index in [0.29, 0.717) is 10.6 Å². The standard InChI is InChI=1S/C18H24N2O4S/c1-10(15(19)21)24-18(23)14-12-8-5-9-13(12)25-17(14)20-16(22)11-6-3-2-4-7-11/h10-11H,2-9H2,1H3,(H2,19,21)(H,20,22)/t10-/m1/s1. The number of carbonyl (C=O) groups is 3. The van der Waals surface area contributed by atoms with E-state index in [4.69, 9.17) is 10.5 Å². The molecule has 0 bridgehead atoms. The van der Waals surface area contributed by atoms with E-state index >= 15 is 0 Å². The van der Waals surface area contributed by atoms with Gasteiger partial charge in [-0.1, -0.05) is 19.3 Å². The van der Waals surface area contributed by atoms with Gasteiger partial charge in [-0.05, 0) is 44.6 Å². The molecule has 3 N–H and O–H groups in total. The van der Waals surface area contributed by atoms with Gasteiger partial charge in [0.05, 0.1) is 5.56 Å². The minimum Gasteiger partial charge on any atom is -0.449 e. The van der Waals surface area contributed by atoms with Crippen LogP contribution in [0.2, 0.25) is 0 Å². The van der Waals surface area contributed by atoms with Crippen LogP contribution in [0.5, 0.6) is 0 Å². The van der Waals surface area contributed by atoms with Crippen LogP contribution in [0.25, 0.3) is 0 Å². The second-order valence-electron chi connectivity index (χ2n) is 6.84. The van der Waals surface area contributed by atoms with Gasteiger partial charge in [0.2, 0.25) is 5.91 Å². The fourth-order valence-corrected chi connectivity index (χ4v) is 4.84. The summed E-state index contributed by atoms with van der Waals surface area (Å²) in [5.41, 5.74) is 6.54. The highest BCUT2D eigenvalue weighted by molar-refractivity contribution is 7.17. The van der Waals surface area contributed by atoms with E-state index in [0.717, 1.165) is 55.4 Å². The van der Waals surface area contributed by atoms with Gasteiger partial charge < -0.3 is 15.8 Å². The Morgan fingerprint density at radius 1 is 1.16 bits per heavy atom. The lowest BCUT2D eigenvalue weighted by molar-refractivity contribution is -0.125. The normalized spacial score (nSPS) is 18.4. The fourth-order valence-electron chi connectivity index (χ4n) is 3.56. The van der Waals surface area contributed by atoms with Gasteiger partial charge in [0.25, 0.3) is 5.91 Å². The number of primary amides is 1. The summed E-state index contributed by atoms with van der Waals surface area (Å²) >= 11 is 1.46. The minimum atomic E-state index is -0.994. The van der Waals surface area contributed by atoms with E-state index in [1.54, 1.807) is 0 Å². The van der Waals surface area contributed by atoms with Crippen molar-refractivity contribution in [2.24, 2.45) is 11.7 Å². The van der Waals surface area contributed by atoms with E-state index in [9.17, 15) is 14.4 Å². The summed E-state index contributed by atoms with van der Waals surface area (Å²) in [6, 6.07) is 0. The fraction of sp³-hybridized carbons (Fsp3) is 0.611. The third-order valence-electron chi connectivity index (χ3n) is 5.02. The molecule has 0 aliphatic heterocycles. The van der Waals surface area contributed by atoms with Crippen LogP contribution < -0.4 is 11.1 Å². The average Bonchev–Trinajstić information content (AvgIpc) is 3.15. The summed E-state index contributed by atoms with van der Waals surface area (Å²) < 4.78 is 5.19. The van der Waals surface area contributed by atoms with Gasteiger partial charge in [0.15, 0.2) is 6.10 Å². The summed E-state index contributed by atoms with van der Waals surface area (Å²) in [5, 5.41) is 3.51. The number of nitrogens with two attached hydrogens (primary N) is 1. The van der Waals surface area contributed by atoms with Gasteiger partial charge in [-0.15, -0.1) is 11.3 Å². The molecule has 0 unspecified atom stereocenters. The van der Waals surface area contributed by atoms with Crippen LogP contribution in [0.3, 0.4) is 0 Å². The molecule has 1 atom stereocenters. The highest BCUT2D eigenvalue weighted by atomic mass is 32.1. The molecule has 1 fully saturated rings. The number of ether oxygens (including phenoxy) is 1. The quantitative estimate of drug-likeness (QED) is 0.785. The van der Waals surface area contributed by atoms with Crippen molar-refractivity contribution in [2.75, 3.05) is 5.32 Å². The number of thiophene rings is 1. The number of aryl methyl sites for hydroxylation is 1. The Morgan fingerprint density at radius 2 is 1.88 bits per heavy atom. The Balaban J connectivity index is 1.80. The first-order valence-electron chi connectivity index (χ1n) is 8.93. The molecule has 0 saturated heterocycles. The van der Waals surface area contributed by atoms with E-state index in [1.165, 1.54) is 24.7 Å². The Hall–Kier alpha value is -1.89. The molecule has 1 heterocycles. The number of hydrogen-bond donors (Lipinski definition) is 2. The predicted molar refractivity (Wildman–Crippen MR) is 95.6 cm³/mol. The van der Waals surface area contributed by atoms with Crippen molar-refractivity contribution < 1.29 is 19.1 Å². The second kappa shape index (κ2) is 7.56. The summed E-state index contributed by atoms with van der Waals surface area (Å²) in [5.74, 6) is -1.27. The van der Waals surface area contributed by atoms with E-state index < -0.39 is 18.0 Å². The Kier molecular flexibility index (Phi) is 5.42. The Labute approximate surface area is 151 Å². The third-order valence-corrected chi connectivity index (χ3v) is 6.23. The number of nitrogens with one attached hydrogen (secondary N) is 1. The van der Waals surface area contributed by atoms with Crippen LogP contribution in [0, 0.1) is 5.92 Å².